The van der Waals surface area contributed by atoms with Crippen LogP contribution < -0.4 is 0 Å². The van der Waals surface area contributed by atoms with E-state index in [0.717, 1.165) is 10.5 Å². The van der Waals surface area contributed by atoms with Gasteiger partial charge in [-0.05, 0) is 26.1 Å². The fraction of sp³-hybridized carbons (Fsp3) is 0.778. The Bertz CT molecular complexity index is 187. The van der Waals surface area contributed by atoms with Crippen molar-refractivity contribution in [3.8, 4) is 0 Å². The molecule has 0 aliphatic rings. The van der Waals surface area contributed by atoms with Crippen LogP contribution in [0.3, 0.4) is 0 Å². The topological polar surface area (TPSA) is 18.5 Å². The summed E-state index contributed by atoms with van der Waals surface area (Å²) in [5.41, 5.74) is 2.37. The van der Waals surface area contributed by atoms with Crippen molar-refractivity contribution in [2.45, 2.75) is 45.8 Å². The van der Waals surface area contributed by atoms with Gasteiger partial charge < -0.3 is 8.23 Å². The molecule has 1 atom stereocenters. The SMILES string of the molecule is CCCCC=C[Si](C)(O[SiH3])[SiH2]O[SiH](C)C. The molecule has 90 valence electrons. The Morgan fingerprint density at radius 2 is 2.13 bits per heavy atom. The summed E-state index contributed by atoms with van der Waals surface area (Å²) in [5, 5.41) is 0. The van der Waals surface area contributed by atoms with Crippen LogP contribution in [0.2, 0.25) is 19.6 Å². The highest BCUT2D eigenvalue weighted by atomic mass is 29.2. The minimum atomic E-state index is -1.50. The average Bonchev–Trinajstić information content (AvgIpc) is 2.22. The van der Waals surface area contributed by atoms with E-state index in [2.05, 4.69) is 38.3 Å². The number of rotatable bonds is 8. The lowest BCUT2D eigenvalue weighted by Crippen LogP contribution is -2.43. The summed E-state index contributed by atoms with van der Waals surface area (Å²) >= 11 is 0. The lowest BCUT2D eigenvalue weighted by atomic mass is 10.2. The van der Waals surface area contributed by atoms with E-state index in [1.807, 2.05) is 0 Å². The molecule has 0 amide bonds. The highest BCUT2D eigenvalue weighted by Crippen LogP contribution is 2.06. The monoisotopic (exact) mass is 278 g/mol. The van der Waals surface area contributed by atoms with Gasteiger partial charge in [-0.25, -0.2) is 0 Å². The molecule has 15 heavy (non-hydrogen) atoms. The van der Waals surface area contributed by atoms with Gasteiger partial charge in [-0.15, -0.1) is 0 Å². The highest BCUT2D eigenvalue weighted by molar-refractivity contribution is 7.22. The summed E-state index contributed by atoms with van der Waals surface area (Å²) < 4.78 is 11.8. The summed E-state index contributed by atoms with van der Waals surface area (Å²) in [6, 6.07) is 0. The van der Waals surface area contributed by atoms with E-state index in [-0.39, 0.29) is 0 Å². The second kappa shape index (κ2) is 8.65. The molecule has 0 fully saturated rings. The molecule has 0 aliphatic heterocycles. The van der Waals surface area contributed by atoms with E-state index in [1.54, 1.807) is 0 Å². The van der Waals surface area contributed by atoms with Gasteiger partial charge in [0.15, 0.2) is 18.3 Å². The molecule has 0 aromatic rings. The standard InChI is InChI=1S/C9H26O2Si4/c1-5-6-7-8-9-15(4,10-12)13-11-14(2)3/h8-9,14H,5-7,13H2,1-4,12H3. The number of allylic oxidation sites excluding steroid dienone is 1. The van der Waals surface area contributed by atoms with Crippen molar-refractivity contribution in [3.63, 3.8) is 0 Å². The second-order valence-electron chi connectivity index (χ2n) is 4.42. The lowest BCUT2D eigenvalue weighted by molar-refractivity contribution is 0.598. The van der Waals surface area contributed by atoms with E-state index in [4.69, 9.17) is 8.23 Å². The van der Waals surface area contributed by atoms with Crippen molar-refractivity contribution in [2.24, 2.45) is 0 Å². The van der Waals surface area contributed by atoms with E-state index < -0.39 is 26.2 Å². The molecule has 0 heterocycles. The number of unbranched alkanes of at least 4 members (excludes halogenated alkanes) is 2. The third-order valence-corrected chi connectivity index (χ3v) is 17.5. The Balaban J connectivity index is 3.99. The quantitative estimate of drug-likeness (QED) is 0.481. The first kappa shape index (κ1) is 15.5. The zero-order valence-electron chi connectivity index (χ0n) is 10.9. The summed E-state index contributed by atoms with van der Waals surface area (Å²) in [5.74, 6) is 0. The molecular formula is C9H26O2Si4. The van der Waals surface area contributed by atoms with Crippen LogP contribution in [0.25, 0.3) is 0 Å². The molecule has 0 aromatic heterocycles. The first-order valence-corrected chi connectivity index (χ1v) is 14.9. The maximum absolute atomic E-state index is 5.94. The number of hydrogen-bond donors (Lipinski definition) is 0. The molecule has 1 unspecified atom stereocenters. The van der Waals surface area contributed by atoms with Gasteiger partial charge in [-0.1, -0.05) is 31.5 Å². The average molecular weight is 279 g/mol. The van der Waals surface area contributed by atoms with Crippen LogP contribution in [0.4, 0.5) is 0 Å². The molecule has 0 rings (SSSR count). The Kier molecular flexibility index (Phi) is 8.96. The summed E-state index contributed by atoms with van der Waals surface area (Å²) in [7, 11) is -1.91. The molecule has 0 N–H and O–H groups in total. The van der Waals surface area contributed by atoms with Gasteiger partial charge >= 0.3 is 0 Å². The van der Waals surface area contributed by atoms with E-state index in [1.165, 1.54) is 19.3 Å². The molecule has 0 saturated heterocycles. The van der Waals surface area contributed by atoms with Crippen LogP contribution >= 0.6 is 0 Å². The van der Waals surface area contributed by atoms with Crippen LogP contribution in [0.1, 0.15) is 26.2 Å². The van der Waals surface area contributed by atoms with E-state index >= 15 is 0 Å². The Morgan fingerprint density at radius 3 is 2.60 bits per heavy atom. The smallest absolute Gasteiger partial charge is 0.210 e. The maximum atomic E-state index is 5.94. The second-order valence-corrected chi connectivity index (χ2v) is 17.8. The lowest BCUT2D eigenvalue weighted by Gasteiger charge is -2.22. The molecule has 0 saturated carbocycles. The van der Waals surface area contributed by atoms with Crippen LogP contribution in [0, 0.1) is 0 Å². The fourth-order valence-electron chi connectivity index (χ4n) is 1.16. The minimum Gasteiger partial charge on any atom is -0.462 e. The Labute approximate surface area is 103 Å². The molecule has 0 radical (unpaired) electrons. The molecule has 6 heteroatoms. The molecule has 0 spiro atoms. The number of hydrogen-bond acceptors (Lipinski definition) is 2. The normalized spacial score (nSPS) is 17.1. The minimum absolute atomic E-state index is 0.427. The largest absolute Gasteiger partial charge is 0.462 e. The van der Waals surface area contributed by atoms with Gasteiger partial charge in [0.1, 0.15) is 10.5 Å². The van der Waals surface area contributed by atoms with E-state index in [0.29, 0.717) is 0 Å². The Morgan fingerprint density at radius 1 is 1.47 bits per heavy atom. The van der Waals surface area contributed by atoms with Crippen molar-refractivity contribution in [3.05, 3.63) is 11.8 Å². The first-order chi connectivity index (χ1) is 7.04. The third-order valence-electron chi connectivity index (χ3n) is 2.36. The van der Waals surface area contributed by atoms with Crippen molar-refractivity contribution in [1.29, 1.82) is 0 Å². The molecule has 0 aromatic carbocycles. The van der Waals surface area contributed by atoms with Crippen molar-refractivity contribution in [1.82, 2.24) is 0 Å². The van der Waals surface area contributed by atoms with Gasteiger partial charge in [0.05, 0.1) is 0 Å². The van der Waals surface area contributed by atoms with Gasteiger partial charge in [-0.3, -0.25) is 0 Å². The predicted molar refractivity (Wildman–Crippen MR) is 79.8 cm³/mol. The first-order valence-electron chi connectivity index (χ1n) is 5.88. The summed E-state index contributed by atoms with van der Waals surface area (Å²) in [6.45, 7) is 9.03. The van der Waals surface area contributed by atoms with Crippen LogP contribution in [-0.2, 0) is 8.23 Å². The fourth-order valence-corrected chi connectivity index (χ4v) is 13.4. The van der Waals surface area contributed by atoms with Gasteiger partial charge in [-0.2, -0.15) is 0 Å². The molecule has 0 bridgehead atoms. The summed E-state index contributed by atoms with van der Waals surface area (Å²) in [4.78, 5) is 0. The third kappa shape index (κ3) is 8.35. The van der Waals surface area contributed by atoms with Gasteiger partial charge in [0, 0.05) is 0 Å². The highest BCUT2D eigenvalue weighted by Gasteiger charge is 2.25. The van der Waals surface area contributed by atoms with Crippen LogP contribution in [0.5, 0.6) is 0 Å². The van der Waals surface area contributed by atoms with Crippen molar-refractivity contribution >= 4 is 36.6 Å². The van der Waals surface area contributed by atoms with Crippen molar-refractivity contribution < 1.29 is 8.23 Å². The maximum Gasteiger partial charge on any atom is 0.210 e. The van der Waals surface area contributed by atoms with Gasteiger partial charge in [0.25, 0.3) is 0 Å². The van der Waals surface area contributed by atoms with Crippen LogP contribution in [0.15, 0.2) is 11.8 Å². The van der Waals surface area contributed by atoms with Gasteiger partial charge in [0.2, 0.25) is 7.83 Å². The van der Waals surface area contributed by atoms with E-state index in [9.17, 15) is 0 Å². The molecule has 0 aliphatic carbocycles. The molecule has 2 nitrogen and oxygen atoms in total. The van der Waals surface area contributed by atoms with Crippen LogP contribution in [-0.4, -0.2) is 36.6 Å². The Hall–Kier alpha value is 0.528. The van der Waals surface area contributed by atoms with Crippen molar-refractivity contribution in [2.75, 3.05) is 0 Å². The zero-order valence-corrected chi connectivity index (χ0v) is 16.4. The summed E-state index contributed by atoms with van der Waals surface area (Å²) in [6.07, 6.45) is 6.10. The molecular weight excluding hydrogens is 252 g/mol. The predicted octanol–water partition coefficient (Wildman–Crippen LogP) is 0.725. The zero-order chi connectivity index (χ0) is 11.7.